The Labute approximate surface area is 197 Å². The third kappa shape index (κ3) is 5.88. The highest BCUT2D eigenvalue weighted by molar-refractivity contribution is 5.86. The van der Waals surface area contributed by atoms with Crippen LogP contribution in [0.4, 0.5) is 74.6 Å². The molecule has 0 heterocycles. The monoisotopic (exact) mass is 587 g/mol. The highest BCUT2D eigenvalue weighted by Crippen LogP contribution is 2.64. The fourth-order valence-corrected chi connectivity index (χ4v) is 2.67. The lowest BCUT2D eigenvalue weighted by Crippen LogP contribution is -2.74. The van der Waals surface area contributed by atoms with Gasteiger partial charge in [0, 0.05) is 20.0 Å². The number of rotatable bonds is 14. The predicted octanol–water partition coefficient (Wildman–Crippen LogP) is 7.59. The van der Waals surface area contributed by atoms with Crippen LogP contribution in [0.2, 0.25) is 0 Å². The van der Waals surface area contributed by atoms with E-state index in [1.807, 2.05) is 0 Å². The lowest BCUT2D eigenvalue weighted by atomic mass is 9.88. The van der Waals surface area contributed by atoms with Gasteiger partial charge in [-0.15, -0.1) is 0 Å². The molecule has 0 saturated carbocycles. The van der Waals surface area contributed by atoms with E-state index in [1.54, 1.807) is 0 Å². The third-order valence-electron chi connectivity index (χ3n) is 5.07. The first kappa shape index (κ1) is 35.0. The Morgan fingerprint density at radius 3 is 1.32 bits per heavy atom. The Bertz CT molecular complexity index is 803. The molecular formula is C18H18F17NO. The molecule has 0 radical (unpaired) electrons. The maximum absolute atomic E-state index is 13.7. The Balaban J connectivity index is 5.81. The smallest absolute Gasteiger partial charge is 0.342 e. The molecule has 0 spiro atoms. The van der Waals surface area contributed by atoms with Crippen molar-refractivity contribution in [1.29, 1.82) is 0 Å². The number of likely N-dealkylation sites (N-methyl/N-ethyl adjacent to an activating group) is 1. The summed E-state index contributed by atoms with van der Waals surface area (Å²) >= 11 is 0. The summed E-state index contributed by atoms with van der Waals surface area (Å²) in [6.45, 7) is 3.11. The van der Waals surface area contributed by atoms with Gasteiger partial charge in [0.25, 0.3) is 0 Å². The molecule has 220 valence electrons. The van der Waals surface area contributed by atoms with Crippen molar-refractivity contribution in [1.82, 2.24) is 4.90 Å². The van der Waals surface area contributed by atoms with Crippen molar-refractivity contribution < 1.29 is 79.4 Å². The second kappa shape index (κ2) is 10.6. The van der Waals surface area contributed by atoms with Gasteiger partial charge >= 0.3 is 47.6 Å². The molecule has 0 atom stereocenters. The maximum Gasteiger partial charge on any atom is 0.460 e. The van der Waals surface area contributed by atoms with E-state index in [0.29, 0.717) is 0 Å². The first-order valence-corrected chi connectivity index (χ1v) is 9.70. The summed E-state index contributed by atoms with van der Waals surface area (Å²) in [7, 11) is 1.27. The van der Waals surface area contributed by atoms with Crippen LogP contribution in [0.25, 0.3) is 0 Å². The van der Waals surface area contributed by atoms with Gasteiger partial charge < -0.3 is 4.90 Å². The van der Waals surface area contributed by atoms with Crippen LogP contribution in [-0.2, 0) is 4.79 Å². The lowest BCUT2D eigenvalue weighted by molar-refractivity contribution is -0.461. The second-order valence-electron chi connectivity index (χ2n) is 7.78. The maximum atomic E-state index is 13.7. The van der Waals surface area contributed by atoms with E-state index < -0.39 is 72.8 Å². The molecule has 0 aliphatic rings. The SMILES string of the molecule is C=CC(=O)N(C)CCCCCCC(F)(F)C(F)(F)C(F)(F)C(F)(F)C(F)(F)C(F)(F)C(F)(F)C(F)(F)F. The molecule has 0 unspecified atom stereocenters. The average molecular weight is 587 g/mol. The van der Waals surface area contributed by atoms with Crippen molar-refractivity contribution in [2.45, 2.75) is 79.7 Å². The number of unbranched alkanes of at least 4 members (excludes halogenated alkanes) is 3. The van der Waals surface area contributed by atoms with Crippen LogP contribution < -0.4 is 0 Å². The quantitative estimate of drug-likeness (QED) is 0.117. The van der Waals surface area contributed by atoms with Gasteiger partial charge in [0.05, 0.1) is 0 Å². The largest absolute Gasteiger partial charge is 0.460 e. The molecule has 1 amide bonds. The second-order valence-corrected chi connectivity index (χ2v) is 7.78. The highest BCUT2D eigenvalue weighted by atomic mass is 19.4. The topological polar surface area (TPSA) is 20.3 Å². The van der Waals surface area contributed by atoms with Gasteiger partial charge in [-0.2, -0.15) is 74.6 Å². The summed E-state index contributed by atoms with van der Waals surface area (Å²) in [6, 6.07) is 0. The van der Waals surface area contributed by atoms with Crippen LogP contribution in [0, 0.1) is 0 Å². The first-order valence-electron chi connectivity index (χ1n) is 9.70. The van der Waals surface area contributed by atoms with E-state index in [0.717, 1.165) is 11.0 Å². The number of hydrogen-bond donors (Lipinski definition) is 0. The molecule has 0 rings (SSSR count). The van der Waals surface area contributed by atoms with Gasteiger partial charge in [0.1, 0.15) is 0 Å². The van der Waals surface area contributed by atoms with Gasteiger partial charge in [-0.05, 0) is 18.9 Å². The Morgan fingerprint density at radius 1 is 0.595 bits per heavy atom. The number of nitrogens with zero attached hydrogens (tertiary/aromatic N) is 1. The van der Waals surface area contributed by atoms with E-state index in [2.05, 4.69) is 6.58 Å². The number of hydrogen-bond acceptors (Lipinski definition) is 1. The lowest BCUT2D eigenvalue weighted by Gasteiger charge is -2.42. The molecule has 0 N–H and O–H groups in total. The highest BCUT2D eigenvalue weighted by Gasteiger charge is 2.95. The molecule has 2 nitrogen and oxygen atoms in total. The number of alkyl halides is 17. The van der Waals surface area contributed by atoms with Gasteiger partial charge in [-0.25, -0.2) is 0 Å². The minimum Gasteiger partial charge on any atom is -0.342 e. The van der Waals surface area contributed by atoms with Gasteiger partial charge in [-0.3, -0.25) is 4.79 Å². The van der Waals surface area contributed by atoms with Crippen LogP contribution in [0.3, 0.4) is 0 Å². The van der Waals surface area contributed by atoms with Crippen molar-refractivity contribution in [2.75, 3.05) is 13.6 Å². The Kier molecular flexibility index (Phi) is 10.1. The number of carbonyl (C=O) groups excluding carboxylic acids is 1. The summed E-state index contributed by atoms with van der Waals surface area (Å²) < 4.78 is 224. The molecule has 0 aromatic carbocycles. The zero-order chi connectivity index (χ0) is 30.1. The van der Waals surface area contributed by atoms with Crippen LogP contribution >= 0.6 is 0 Å². The molecular weight excluding hydrogens is 569 g/mol. The third-order valence-corrected chi connectivity index (χ3v) is 5.07. The number of carbonyl (C=O) groups is 1. The number of amides is 1. The van der Waals surface area contributed by atoms with Crippen LogP contribution in [0.5, 0.6) is 0 Å². The minimum atomic E-state index is -8.61. The fourth-order valence-electron chi connectivity index (χ4n) is 2.67. The summed E-state index contributed by atoms with van der Waals surface area (Å²) in [5.74, 6) is -56.6. The molecule has 0 saturated heterocycles. The zero-order valence-electron chi connectivity index (χ0n) is 18.3. The van der Waals surface area contributed by atoms with Crippen molar-refractivity contribution in [3.8, 4) is 0 Å². The molecule has 0 aromatic rings. The van der Waals surface area contributed by atoms with E-state index in [9.17, 15) is 79.4 Å². The molecule has 19 heteroatoms. The molecule has 0 aliphatic heterocycles. The summed E-state index contributed by atoms with van der Waals surface area (Å²) in [4.78, 5) is 12.2. The molecule has 0 fully saturated rings. The molecule has 0 aromatic heterocycles. The summed E-state index contributed by atoms with van der Waals surface area (Å²) in [5, 5.41) is 0. The fraction of sp³-hybridized carbons (Fsp3) is 0.833. The Morgan fingerprint density at radius 2 is 0.946 bits per heavy atom. The van der Waals surface area contributed by atoms with Crippen LogP contribution in [0.1, 0.15) is 32.1 Å². The van der Waals surface area contributed by atoms with Gasteiger partial charge in [-0.1, -0.05) is 19.4 Å². The molecule has 37 heavy (non-hydrogen) atoms. The van der Waals surface area contributed by atoms with Crippen molar-refractivity contribution in [2.24, 2.45) is 0 Å². The average Bonchev–Trinajstić information content (AvgIpc) is 2.73. The van der Waals surface area contributed by atoms with Crippen molar-refractivity contribution >= 4 is 5.91 Å². The molecule has 0 aliphatic carbocycles. The molecule has 0 bridgehead atoms. The van der Waals surface area contributed by atoms with Crippen LogP contribution in [-0.4, -0.2) is 72.0 Å². The van der Waals surface area contributed by atoms with E-state index in [4.69, 9.17) is 0 Å². The zero-order valence-corrected chi connectivity index (χ0v) is 18.3. The normalized spacial score (nSPS) is 15.1. The first-order chi connectivity index (χ1) is 16.1. The summed E-state index contributed by atoms with van der Waals surface area (Å²) in [6.07, 6.45) is -11.2. The van der Waals surface area contributed by atoms with E-state index in [1.165, 1.54) is 7.05 Å². The minimum absolute atomic E-state index is 0.0149. The van der Waals surface area contributed by atoms with Crippen molar-refractivity contribution in [3.05, 3.63) is 12.7 Å². The van der Waals surface area contributed by atoms with E-state index >= 15 is 0 Å². The Hall–Kier alpha value is -1.98. The standard InChI is InChI=1S/C18H18F17NO/c1-3-10(37)36(2)9-7-5-4-6-8-11(19,20)12(21,22)13(23,24)14(25,26)15(27,28)16(29,30)17(31,32)18(33,34)35/h3H,1,4-9H2,2H3. The predicted molar refractivity (Wildman–Crippen MR) is 91.6 cm³/mol. The van der Waals surface area contributed by atoms with Gasteiger partial charge in [0.15, 0.2) is 0 Å². The van der Waals surface area contributed by atoms with E-state index in [-0.39, 0.29) is 19.4 Å². The van der Waals surface area contributed by atoms with Gasteiger partial charge in [0.2, 0.25) is 5.91 Å². The summed E-state index contributed by atoms with van der Waals surface area (Å²) in [5.41, 5.74) is 0. The van der Waals surface area contributed by atoms with Crippen molar-refractivity contribution in [3.63, 3.8) is 0 Å². The number of halogens is 17. The van der Waals surface area contributed by atoms with Crippen LogP contribution in [0.15, 0.2) is 12.7 Å².